The molecule has 2 aliphatic carbocycles. The smallest absolute Gasteiger partial charge is 0.346 e. The second-order valence-corrected chi connectivity index (χ2v) is 11.6. The number of rotatable bonds is 6. The second kappa shape index (κ2) is 9.41. The van der Waals surface area contributed by atoms with Gasteiger partial charge in [0.2, 0.25) is 0 Å². The molecule has 0 heterocycles. The molecule has 1 amide bonds. The fourth-order valence-electron chi connectivity index (χ4n) is 4.77. The van der Waals surface area contributed by atoms with Gasteiger partial charge in [-0.3, -0.25) is 9.52 Å². The maximum atomic E-state index is 12.9. The van der Waals surface area contributed by atoms with Crippen molar-refractivity contribution in [2.45, 2.75) is 42.8 Å². The molecule has 2 N–H and O–H groups in total. The van der Waals surface area contributed by atoms with Crippen molar-refractivity contribution in [2.24, 2.45) is 17.8 Å². The number of amides is 1. The van der Waals surface area contributed by atoms with Crippen LogP contribution in [0, 0.1) is 17.8 Å². The van der Waals surface area contributed by atoms with Crippen molar-refractivity contribution in [1.29, 1.82) is 0 Å². The highest BCUT2D eigenvalue weighted by Gasteiger charge is 2.53. The summed E-state index contributed by atoms with van der Waals surface area (Å²) in [5.41, 5.74) is 1.05. The van der Waals surface area contributed by atoms with Crippen LogP contribution in [0.4, 0.5) is 18.9 Å². The molecule has 12 heteroatoms. The number of fused-ring (bicyclic) bond motifs is 1. The van der Waals surface area contributed by atoms with E-state index in [1.54, 1.807) is 12.1 Å². The van der Waals surface area contributed by atoms with Crippen LogP contribution in [0.25, 0.3) is 0 Å². The Kier molecular flexibility index (Phi) is 7.03. The van der Waals surface area contributed by atoms with Crippen LogP contribution in [-0.2, 0) is 21.2 Å². The average molecular weight is 556 g/mol. The van der Waals surface area contributed by atoms with E-state index in [1.807, 2.05) is 0 Å². The summed E-state index contributed by atoms with van der Waals surface area (Å²) in [6.45, 7) is 0. The number of carbonyl (C=O) groups excluding carboxylic acids is 1. The van der Waals surface area contributed by atoms with Gasteiger partial charge in [-0.05, 0) is 79.3 Å². The highest BCUT2D eigenvalue weighted by Crippen LogP contribution is 2.57. The van der Waals surface area contributed by atoms with Gasteiger partial charge in [-0.1, -0.05) is 40.9 Å². The summed E-state index contributed by atoms with van der Waals surface area (Å²) in [4.78, 5) is 11.2. The SMILES string of the molecule is O=C(N[C@H]1CCC2C(Cc3ccc(Cl)cc3NS(=O)(=O)c3ccc(Cl)c(Cl)c3)C2C1)C(F)(F)F. The Labute approximate surface area is 210 Å². The molecule has 0 spiro atoms. The normalized spacial score (nSPS) is 24.3. The Morgan fingerprint density at radius 1 is 1.00 bits per heavy atom. The van der Waals surface area contributed by atoms with E-state index in [-0.39, 0.29) is 26.8 Å². The van der Waals surface area contributed by atoms with Crippen molar-refractivity contribution >= 4 is 56.4 Å². The summed E-state index contributed by atoms with van der Waals surface area (Å²) in [5.74, 6) is -1.23. The summed E-state index contributed by atoms with van der Waals surface area (Å²) < 4.78 is 66.1. The molecule has 0 aromatic heterocycles. The van der Waals surface area contributed by atoms with Gasteiger partial charge in [0.25, 0.3) is 10.0 Å². The second-order valence-electron chi connectivity index (χ2n) is 8.66. The van der Waals surface area contributed by atoms with E-state index in [4.69, 9.17) is 34.8 Å². The summed E-state index contributed by atoms with van der Waals surface area (Å²) in [6.07, 6.45) is -2.71. The number of hydrogen-bond acceptors (Lipinski definition) is 3. The summed E-state index contributed by atoms with van der Waals surface area (Å²) in [7, 11) is -3.98. The van der Waals surface area contributed by atoms with Gasteiger partial charge < -0.3 is 5.32 Å². The number of anilines is 1. The molecular formula is C22H20Cl3F3N2O3S. The Morgan fingerprint density at radius 3 is 2.41 bits per heavy atom. The lowest BCUT2D eigenvalue weighted by atomic mass is 9.95. The highest BCUT2D eigenvalue weighted by molar-refractivity contribution is 7.92. The van der Waals surface area contributed by atoms with Crippen molar-refractivity contribution in [3.8, 4) is 0 Å². The zero-order valence-electron chi connectivity index (χ0n) is 17.5. The van der Waals surface area contributed by atoms with E-state index in [2.05, 4.69) is 10.0 Å². The van der Waals surface area contributed by atoms with Crippen molar-refractivity contribution in [2.75, 3.05) is 4.72 Å². The molecule has 0 radical (unpaired) electrons. The Morgan fingerprint density at radius 2 is 1.74 bits per heavy atom. The molecule has 2 aromatic rings. The largest absolute Gasteiger partial charge is 0.471 e. The topological polar surface area (TPSA) is 75.3 Å². The van der Waals surface area contributed by atoms with E-state index in [1.165, 1.54) is 24.3 Å². The minimum atomic E-state index is -4.90. The van der Waals surface area contributed by atoms with Crippen LogP contribution < -0.4 is 10.0 Å². The van der Waals surface area contributed by atoms with E-state index in [0.717, 1.165) is 5.56 Å². The number of carbonyl (C=O) groups is 1. The summed E-state index contributed by atoms with van der Waals surface area (Å²) in [6, 6.07) is 8.38. The van der Waals surface area contributed by atoms with Gasteiger partial charge in [0, 0.05) is 11.1 Å². The maximum absolute atomic E-state index is 12.9. The van der Waals surface area contributed by atoms with Crippen LogP contribution in [0.2, 0.25) is 15.1 Å². The molecule has 0 bridgehead atoms. The minimum absolute atomic E-state index is 0.0591. The lowest BCUT2D eigenvalue weighted by Gasteiger charge is -2.22. The van der Waals surface area contributed by atoms with Crippen molar-refractivity contribution in [3.05, 3.63) is 57.0 Å². The molecule has 4 atom stereocenters. The van der Waals surface area contributed by atoms with Gasteiger partial charge in [-0.15, -0.1) is 0 Å². The number of sulfonamides is 1. The molecule has 2 aliphatic rings. The quantitative estimate of drug-likeness (QED) is 0.453. The lowest BCUT2D eigenvalue weighted by molar-refractivity contribution is -0.174. The number of hydrogen-bond donors (Lipinski definition) is 2. The fraction of sp³-hybridized carbons (Fsp3) is 0.409. The number of alkyl halides is 3. The highest BCUT2D eigenvalue weighted by atomic mass is 35.5. The lowest BCUT2D eigenvalue weighted by Crippen LogP contribution is -2.44. The third kappa shape index (κ3) is 5.58. The van der Waals surface area contributed by atoms with Gasteiger partial charge in [-0.2, -0.15) is 13.2 Å². The van der Waals surface area contributed by atoms with Crippen molar-refractivity contribution < 1.29 is 26.4 Å². The standard InChI is InChI=1S/C22H20Cl3F3N2O3S/c23-12-2-1-11(20(8-12)30-34(32,33)14-4-6-18(24)19(25)10-14)7-16-15-5-3-13(9-17(15)16)29-21(31)22(26,27)28/h1-2,4,6,8,10,13,15-17,30H,3,5,7,9H2,(H,29,31)/t13-,15?,16?,17?/m0/s1. The van der Waals surface area contributed by atoms with Crippen LogP contribution in [0.3, 0.4) is 0 Å². The van der Waals surface area contributed by atoms with Crippen LogP contribution in [-0.4, -0.2) is 26.5 Å². The minimum Gasteiger partial charge on any atom is -0.346 e. The van der Waals surface area contributed by atoms with Gasteiger partial charge in [-0.25, -0.2) is 8.42 Å². The first kappa shape index (κ1) is 25.4. The molecule has 0 saturated heterocycles. The molecule has 2 fully saturated rings. The summed E-state index contributed by atoms with van der Waals surface area (Å²) in [5, 5.41) is 2.76. The Hall–Kier alpha value is -1.68. The predicted molar refractivity (Wildman–Crippen MR) is 125 cm³/mol. The molecule has 2 aromatic carbocycles. The molecule has 34 heavy (non-hydrogen) atoms. The van der Waals surface area contributed by atoms with Gasteiger partial charge in [0.15, 0.2) is 0 Å². The molecule has 3 unspecified atom stereocenters. The first-order valence-corrected chi connectivity index (χ1v) is 13.1. The van der Waals surface area contributed by atoms with Crippen LogP contribution in [0.15, 0.2) is 41.3 Å². The average Bonchev–Trinajstić information content (AvgIpc) is 3.42. The van der Waals surface area contributed by atoms with Crippen LogP contribution >= 0.6 is 34.8 Å². The van der Waals surface area contributed by atoms with Gasteiger partial charge >= 0.3 is 12.1 Å². The van der Waals surface area contributed by atoms with Crippen molar-refractivity contribution in [1.82, 2.24) is 5.32 Å². The first-order valence-electron chi connectivity index (χ1n) is 10.5. The van der Waals surface area contributed by atoms with Crippen molar-refractivity contribution in [3.63, 3.8) is 0 Å². The Bertz CT molecular complexity index is 1220. The van der Waals surface area contributed by atoms with Crippen LogP contribution in [0.1, 0.15) is 24.8 Å². The van der Waals surface area contributed by atoms with Gasteiger partial charge in [0.1, 0.15) is 0 Å². The zero-order valence-corrected chi connectivity index (χ0v) is 20.6. The Balaban J connectivity index is 1.46. The number of benzene rings is 2. The first-order chi connectivity index (χ1) is 15.8. The molecule has 5 nitrogen and oxygen atoms in total. The predicted octanol–water partition coefficient (Wildman–Crippen LogP) is 6.08. The zero-order chi connectivity index (χ0) is 24.8. The molecule has 2 saturated carbocycles. The van der Waals surface area contributed by atoms with E-state index in [9.17, 15) is 26.4 Å². The summed E-state index contributed by atoms with van der Waals surface area (Å²) >= 11 is 17.9. The van der Waals surface area contributed by atoms with Crippen LogP contribution in [0.5, 0.6) is 0 Å². The maximum Gasteiger partial charge on any atom is 0.471 e. The van der Waals surface area contributed by atoms with E-state index in [0.29, 0.717) is 42.3 Å². The third-order valence-corrected chi connectivity index (χ3v) is 8.82. The molecular weight excluding hydrogens is 536 g/mol. The fourth-order valence-corrected chi connectivity index (χ4v) is 6.42. The molecule has 4 rings (SSSR count). The molecule has 184 valence electrons. The third-order valence-electron chi connectivity index (χ3n) is 6.48. The van der Waals surface area contributed by atoms with Gasteiger partial charge in [0.05, 0.1) is 20.6 Å². The number of nitrogens with one attached hydrogen (secondary N) is 2. The number of halogens is 6. The monoisotopic (exact) mass is 554 g/mol. The molecule has 0 aliphatic heterocycles. The van der Waals surface area contributed by atoms with E-state index >= 15 is 0 Å². The van der Waals surface area contributed by atoms with E-state index < -0.39 is 28.1 Å².